The summed E-state index contributed by atoms with van der Waals surface area (Å²) in [5.41, 5.74) is 5.06. The number of unbranched alkanes of at least 4 members (excludes halogenated alkanes) is 1. The highest BCUT2D eigenvalue weighted by atomic mass is 19.1. The van der Waals surface area contributed by atoms with Gasteiger partial charge in [-0.3, -0.25) is 4.98 Å². The van der Waals surface area contributed by atoms with E-state index in [1.165, 1.54) is 16.8 Å². The maximum Gasteiger partial charge on any atom is 0.123 e. The van der Waals surface area contributed by atoms with Crippen molar-refractivity contribution in [3.05, 3.63) is 71.8 Å². The third kappa shape index (κ3) is 5.56. The summed E-state index contributed by atoms with van der Waals surface area (Å²) in [4.78, 5) is 6.92. The minimum absolute atomic E-state index is 0.0666. The molecule has 146 valence electrons. The second-order valence-corrected chi connectivity index (χ2v) is 6.76. The predicted molar refractivity (Wildman–Crippen MR) is 111 cm³/mol. The van der Waals surface area contributed by atoms with E-state index in [4.69, 9.17) is 4.74 Å². The molecular formula is C23H31FN2O. The van der Waals surface area contributed by atoms with Gasteiger partial charge in [-0.05, 0) is 44.9 Å². The van der Waals surface area contributed by atoms with Crippen LogP contribution in [0, 0.1) is 6.92 Å². The molecule has 1 aromatic heterocycles. The van der Waals surface area contributed by atoms with Crippen molar-refractivity contribution in [2.45, 2.75) is 52.6 Å². The van der Waals surface area contributed by atoms with Crippen LogP contribution in [-0.2, 0) is 11.3 Å². The van der Waals surface area contributed by atoms with E-state index in [0.29, 0.717) is 11.8 Å². The molecule has 1 atom stereocenters. The van der Waals surface area contributed by atoms with E-state index in [-0.39, 0.29) is 6.61 Å². The van der Waals surface area contributed by atoms with Gasteiger partial charge in [0.25, 0.3) is 0 Å². The van der Waals surface area contributed by atoms with Gasteiger partial charge in [0.15, 0.2) is 0 Å². The minimum atomic E-state index is -0.496. The number of ether oxygens (including phenoxy) is 1. The highest BCUT2D eigenvalue weighted by molar-refractivity contribution is 5.71. The Morgan fingerprint density at radius 3 is 3.00 bits per heavy atom. The first-order valence-electron chi connectivity index (χ1n) is 9.72. The SMILES string of the molecule is C=C/C=C(\C=C/CC(C)N1Cc2c(ccnc2C)/C1=C\CCC)OCCF. The van der Waals surface area contributed by atoms with Gasteiger partial charge in [0, 0.05) is 41.3 Å². The van der Waals surface area contributed by atoms with Crippen molar-refractivity contribution in [2.75, 3.05) is 13.3 Å². The third-order valence-corrected chi connectivity index (χ3v) is 4.73. The summed E-state index contributed by atoms with van der Waals surface area (Å²) in [5, 5.41) is 0. The van der Waals surface area contributed by atoms with Gasteiger partial charge in [0.05, 0.1) is 0 Å². The molecule has 0 spiro atoms. The molecule has 2 heterocycles. The molecule has 0 fully saturated rings. The summed E-state index contributed by atoms with van der Waals surface area (Å²) in [6.45, 7) is 10.7. The van der Waals surface area contributed by atoms with Gasteiger partial charge in [0.2, 0.25) is 0 Å². The van der Waals surface area contributed by atoms with Gasteiger partial charge < -0.3 is 9.64 Å². The molecule has 0 aromatic carbocycles. The fourth-order valence-electron chi connectivity index (χ4n) is 3.28. The Morgan fingerprint density at radius 2 is 2.30 bits per heavy atom. The summed E-state index contributed by atoms with van der Waals surface area (Å²) in [5.74, 6) is 0.640. The highest BCUT2D eigenvalue weighted by Crippen LogP contribution is 2.36. The van der Waals surface area contributed by atoms with Gasteiger partial charge >= 0.3 is 0 Å². The topological polar surface area (TPSA) is 25.4 Å². The average Bonchev–Trinajstić information content (AvgIpc) is 3.04. The lowest BCUT2D eigenvalue weighted by Crippen LogP contribution is -2.26. The van der Waals surface area contributed by atoms with Gasteiger partial charge in [0.1, 0.15) is 19.0 Å². The minimum Gasteiger partial charge on any atom is -0.491 e. The lowest BCUT2D eigenvalue weighted by molar-refractivity contribution is 0.197. The van der Waals surface area contributed by atoms with Crippen LogP contribution in [0.1, 0.15) is 49.9 Å². The number of rotatable bonds is 10. The first-order chi connectivity index (χ1) is 13.1. The Kier molecular flexibility index (Phi) is 8.31. The first kappa shape index (κ1) is 20.9. The standard InChI is InChI=1S/C23H31FN2O/c1-5-7-12-23-21-13-15-25-19(4)22(21)17-26(23)18(3)10-8-11-20(9-6-2)27-16-14-24/h6,8-9,11-13,15,18H,2,5,7,10,14,16-17H2,1,3-4H3/b11-8-,20-9+,23-12+. The van der Waals surface area contributed by atoms with Gasteiger partial charge in [-0.1, -0.05) is 38.2 Å². The Morgan fingerprint density at radius 1 is 1.48 bits per heavy atom. The molecule has 1 aliphatic heterocycles. The summed E-state index contributed by atoms with van der Waals surface area (Å²) < 4.78 is 17.7. The second-order valence-electron chi connectivity index (χ2n) is 6.76. The van der Waals surface area contributed by atoms with E-state index < -0.39 is 6.67 Å². The fraction of sp³-hybridized carbons (Fsp3) is 0.435. The van der Waals surface area contributed by atoms with Crippen molar-refractivity contribution in [3.63, 3.8) is 0 Å². The van der Waals surface area contributed by atoms with E-state index in [1.54, 1.807) is 12.2 Å². The number of aromatic nitrogens is 1. The molecule has 0 N–H and O–H groups in total. The molecule has 1 unspecified atom stereocenters. The molecule has 0 saturated heterocycles. The van der Waals surface area contributed by atoms with Crippen LogP contribution in [0.3, 0.4) is 0 Å². The van der Waals surface area contributed by atoms with Crippen molar-refractivity contribution in [2.24, 2.45) is 0 Å². The van der Waals surface area contributed by atoms with Gasteiger partial charge in [-0.25, -0.2) is 4.39 Å². The number of fused-ring (bicyclic) bond motifs is 1. The summed E-state index contributed by atoms with van der Waals surface area (Å²) in [6, 6.07) is 2.46. The summed E-state index contributed by atoms with van der Waals surface area (Å²) >= 11 is 0. The Bertz CT molecular complexity index is 721. The zero-order chi connectivity index (χ0) is 19.6. The lowest BCUT2D eigenvalue weighted by atomic mass is 10.1. The van der Waals surface area contributed by atoms with Crippen LogP contribution < -0.4 is 0 Å². The van der Waals surface area contributed by atoms with E-state index in [1.807, 2.05) is 12.3 Å². The number of pyridine rings is 1. The number of alkyl halides is 1. The number of hydrogen-bond donors (Lipinski definition) is 0. The van der Waals surface area contributed by atoms with Crippen LogP contribution in [0.4, 0.5) is 4.39 Å². The monoisotopic (exact) mass is 370 g/mol. The maximum absolute atomic E-state index is 12.3. The molecule has 0 bridgehead atoms. The highest BCUT2D eigenvalue weighted by Gasteiger charge is 2.28. The number of nitrogens with zero attached hydrogens (tertiary/aromatic N) is 2. The quantitative estimate of drug-likeness (QED) is 0.388. The number of allylic oxidation sites excluding steroid dienone is 4. The molecule has 0 saturated carbocycles. The first-order valence-corrected chi connectivity index (χ1v) is 9.72. The smallest absolute Gasteiger partial charge is 0.123 e. The van der Waals surface area contributed by atoms with Crippen molar-refractivity contribution in [3.8, 4) is 0 Å². The number of halogens is 1. The molecule has 3 nitrogen and oxygen atoms in total. The van der Waals surface area contributed by atoms with Crippen molar-refractivity contribution < 1.29 is 9.13 Å². The maximum atomic E-state index is 12.3. The van der Waals surface area contributed by atoms with Crippen LogP contribution in [-0.4, -0.2) is 29.2 Å². The summed E-state index contributed by atoms with van der Waals surface area (Å²) in [7, 11) is 0. The predicted octanol–water partition coefficient (Wildman–Crippen LogP) is 5.74. The van der Waals surface area contributed by atoms with Crippen LogP contribution in [0.15, 0.2) is 55.0 Å². The molecule has 1 aromatic rings. The van der Waals surface area contributed by atoms with Crippen LogP contribution in [0.25, 0.3) is 5.70 Å². The van der Waals surface area contributed by atoms with Crippen molar-refractivity contribution >= 4 is 5.70 Å². The fourth-order valence-corrected chi connectivity index (χ4v) is 3.28. The van der Waals surface area contributed by atoms with Crippen molar-refractivity contribution in [1.82, 2.24) is 9.88 Å². The Balaban J connectivity index is 2.12. The normalized spacial score (nSPS) is 16.8. The van der Waals surface area contributed by atoms with Crippen LogP contribution in [0.5, 0.6) is 0 Å². The third-order valence-electron chi connectivity index (χ3n) is 4.73. The Labute approximate surface area is 162 Å². The van der Waals surface area contributed by atoms with E-state index in [0.717, 1.165) is 31.5 Å². The molecule has 4 heteroatoms. The molecule has 0 amide bonds. The Hall–Kier alpha value is -2.36. The molecule has 0 aliphatic carbocycles. The van der Waals surface area contributed by atoms with Gasteiger partial charge in [-0.15, -0.1) is 0 Å². The van der Waals surface area contributed by atoms with Crippen LogP contribution >= 0.6 is 0 Å². The van der Waals surface area contributed by atoms with Gasteiger partial charge in [-0.2, -0.15) is 0 Å². The molecule has 0 radical (unpaired) electrons. The zero-order valence-electron chi connectivity index (χ0n) is 16.7. The average molecular weight is 371 g/mol. The lowest BCUT2D eigenvalue weighted by Gasteiger charge is -2.27. The van der Waals surface area contributed by atoms with E-state index >= 15 is 0 Å². The largest absolute Gasteiger partial charge is 0.491 e. The molecular weight excluding hydrogens is 339 g/mol. The second kappa shape index (κ2) is 10.7. The van der Waals surface area contributed by atoms with Crippen LogP contribution in [0.2, 0.25) is 0 Å². The van der Waals surface area contributed by atoms with E-state index in [9.17, 15) is 4.39 Å². The molecule has 27 heavy (non-hydrogen) atoms. The summed E-state index contributed by atoms with van der Waals surface area (Å²) in [6.07, 6.45) is 14.7. The molecule has 2 rings (SSSR count). The number of hydrogen-bond acceptors (Lipinski definition) is 3. The van der Waals surface area contributed by atoms with E-state index in [2.05, 4.69) is 55.5 Å². The van der Waals surface area contributed by atoms with Crippen molar-refractivity contribution in [1.29, 1.82) is 0 Å². The molecule has 1 aliphatic rings. The number of aryl methyl sites for hydroxylation is 1. The zero-order valence-corrected chi connectivity index (χ0v) is 16.7.